The molecule has 0 atom stereocenters. The van der Waals surface area contributed by atoms with Crippen LogP contribution in [0.4, 0.5) is 5.95 Å². The Kier molecular flexibility index (Phi) is 3.62. The summed E-state index contributed by atoms with van der Waals surface area (Å²) in [6, 6.07) is 11.7. The number of imidazole rings is 1. The Morgan fingerprint density at radius 3 is 2.33 bits per heavy atom. The first kappa shape index (κ1) is 14.0. The van der Waals surface area contributed by atoms with E-state index in [4.69, 9.17) is 15.2 Å². The molecule has 3 aromatic rings. The third-order valence-electron chi connectivity index (χ3n) is 3.24. The predicted molar refractivity (Wildman–Crippen MR) is 91.3 cm³/mol. The smallest absolute Gasteiger partial charge is 0.205 e. The Balaban J connectivity index is 2.27. The van der Waals surface area contributed by atoms with Gasteiger partial charge in [-0.15, -0.1) is 0 Å². The summed E-state index contributed by atoms with van der Waals surface area (Å²) in [6.07, 6.45) is 0. The zero-order valence-electron chi connectivity index (χ0n) is 11.6. The number of hydrogen-bond donors (Lipinski definition) is 1. The fourth-order valence-electron chi connectivity index (χ4n) is 2.26. The summed E-state index contributed by atoms with van der Waals surface area (Å²) < 4.78 is 13.6. The summed E-state index contributed by atoms with van der Waals surface area (Å²) in [4.78, 5) is 4.42. The normalized spacial score (nSPS) is 10.8. The maximum atomic E-state index is 6.09. The van der Waals surface area contributed by atoms with Gasteiger partial charge in [0.1, 0.15) is 11.5 Å². The van der Waals surface area contributed by atoms with E-state index in [0.29, 0.717) is 17.4 Å². The van der Waals surface area contributed by atoms with Gasteiger partial charge in [0, 0.05) is 21.8 Å². The number of nitrogens with two attached hydrogens (primary N) is 1. The Labute approximate surface area is 135 Å². The minimum absolute atomic E-state index is 0.433. The van der Waals surface area contributed by atoms with Crippen LogP contribution in [-0.2, 0) is 0 Å². The van der Waals surface area contributed by atoms with Crippen molar-refractivity contribution < 1.29 is 9.47 Å². The molecule has 3 rings (SSSR count). The number of anilines is 1. The zero-order valence-corrected chi connectivity index (χ0v) is 13.8. The first-order valence-corrected chi connectivity index (χ1v) is 7.37. The summed E-state index contributed by atoms with van der Waals surface area (Å²) in [7, 11) is 3.24. The molecule has 1 heterocycles. The Morgan fingerprint density at radius 2 is 1.71 bits per heavy atom. The van der Waals surface area contributed by atoms with Crippen LogP contribution in [0.5, 0.6) is 11.5 Å². The molecule has 0 aliphatic rings. The van der Waals surface area contributed by atoms with Crippen LogP contribution in [0.3, 0.4) is 0 Å². The van der Waals surface area contributed by atoms with Crippen molar-refractivity contribution in [3.05, 3.63) is 40.0 Å². The largest absolute Gasteiger partial charge is 0.497 e. The van der Waals surface area contributed by atoms with Gasteiger partial charge in [0.25, 0.3) is 0 Å². The van der Waals surface area contributed by atoms with E-state index in [1.54, 1.807) is 14.2 Å². The topological polar surface area (TPSA) is 62.3 Å². The molecule has 5 nitrogen and oxygen atoms in total. The number of halogens is 1. The Bertz CT molecular complexity index is 792. The summed E-state index contributed by atoms with van der Waals surface area (Å²) in [5.74, 6) is 1.84. The molecule has 0 aliphatic carbocycles. The van der Waals surface area contributed by atoms with E-state index in [0.717, 1.165) is 20.3 Å². The van der Waals surface area contributed by atoms with Gasteiger partial charge in [-0.1, -0.05) is 0 Å². The van der Waals surface area contributed by atoms with Crippen LogP contribution < -0.4 is 15.2 Å². The standard InChI is InChI=1S/C15H14IN3O2/c1-20-11-6-10(7-12(8-11)21-2)19-14-4-3-9(16)5-13(14)18-15(19)17/h3-8H,1-2H3,(H2,17,18). The van der Waals surface area contributed by atoms with Crippen LogP contribution >= 0.6 is 22.6 Å². The second-order valence-electron chi connectivity index (χ2n) is 4.51. The Morgan fingerprint density at radius 1 is 1.05 bits per heavy atom. The monoisotopic (exact) mass is 395 g/mol. The number of fused-ring (bicyclic) bond motifs is 1. The molecule has 6 heteroatoms. The fraction of sp³-hybridized carbons (Fsp3) is 0.133. The number of nitrogen functional groups attached to an aromatic ring is 1. The van der Waals surface area contributed by atoms with E-state index >= 15 is 0 Å². The zero-order chi connectivity index (χ0) is 15.0. The average molecular weight is 395 g/mol. The lowest BCUT2D eigenvalue weighted by Gasteiger charge is -2.11. The average Bonchev–Trinajstić information content (AvgIpc) is 2.81. The molecule has 1 aromatic heterocycles. The minimum atomic E-state index is 0.433. The number of hydrogen-bond acceptors (Lipinski definition) is 4. The second-order valence-corrected chi connectivity index (χ2v) is 5.75. The molecule has 0 saturated heterocycles. The lowest BCUT2D eigenvalue weighted by Crippen LogP contribution is -2.01. The minimum Gasteiger partial charge on any atom is -0.497 e. The molecule has 108 valence electrons. The molecule has 0 saturated carbocycles. The number of methoxy groups -OCH3 is 2. The van der Waals surface area contributed by atoms with Crippen molar-refractivity contribution >= 4 is 39.6 Å². The second kappa shape index (κ2) is 5.44. The van der Waals surface area contributed by atoms with Crippen LogP contribution in [0, 0.1) is 3.57 Å². The van der Waals surface area contributed by atoms with Gasteiger partial charge >= 0.3 is 0 Å². The van der Waals surface area contributed by atoms with Crippen molar-refractivity contribution in [3.8, 4) is 17.2 Å². The molecule has 0 bridgehead atoms. The highest BCUT2D eigenvalue weighted by molar-refractivity contribution is 14.1. The molecule has 0 radical (unpaired) electrons. The number of nitrogens with zero attached hydrogens (tertiary/aromatic N) is 2. The predicted octanol–water partition coefficient (Wildman–Crippen LogP) is 3.23. The summed E-state index contributed by atoms with van der Waals surface area (Å²) in [5.41, 5.74) is 8.75. The number of aromatic nitrogens is 2. The maximum absolute atomic E-state index is 6.09. The van der Waals surface area contributed by atoms with E-state index in [1.165, 1.54) is 0 Å². The van der Waals surface area contributed by atoms with Gasteiger partial charge < -0.3 is 15.2 Å². The van der Waals surface area contributed by atoms with Gasteiger partial charge in [-0.3, -0.25) is 4.57 Å². The van der Waals surface area contributed by atoms with Crippen LogP contribution in [-0.4, -0.2) is 23.8 Å². The van der Waals surface area contributed by atoms with Crippen molar-refractivity contribution in [3.63, 3.8) is 0 Å². The highest BCUT2D eigenvalue weighted by Crippen LogP contribution is 2.30. The summed E-state index contributed by atoms with van der Waals surface area (Å²) in [6.45, 7) is 0. The van der Waals surface area contributed by atoms with E-state index in [-0.39, 0.29) is 0 Å². The van der Waals surface area contributed by atoms with Gasteiger partial charge in [-0.25, -0.2) is 4.98 Å². The molecular formula is C15H14IN3O2. The molecule has 0 amide bonds. The van der Waals surface area contributed by atoms with Crippen molar-refractivity contribution in [1.29, 1.82) is 0 Å². The highest BCUT2D eigenvalue weighted by Gasteiger charge is 2.12. The molecule has 0 aliphatic heterocycles. The van der Waals surface area contributed by atoms with Gasteiger partial charge in [0.15, 0.2) is 0 Å². The van der Waals surface area contributed by atoms with E-state index < -0.39 is 0 Å². The van der Waals surface area contributed by atoms with E-state index in [9.17, 15) is 0 Å². The number of ether oxygens (including phenoxy) is 2. The van der Waals surface area contributed by atoms with Crippen LogP contribution in [0.1, 0.15) is 0 Å². The molecule has 2 N–H and O–H groups in total. The SMILES string of the molecule is COc1cc(OC)cc(-n2c(N)nc3cc(I)ccc32)c1. The third kappa shape index (κ3) is 2.51. The van der Waals surface area contributed by atoms with Crippen molar-refractivity contribution in [1.82, 2.24) is 9.55 Å². The molecular weight excluding hydrogens is 381 g/mol. The van der Waals surface area contributed by atoms with E-state index in [2.05, 4.69) is 27.6 Å². The van der Waals surface area contributed by atoms with Crippen LogP contribution in [0.2, 0.25) is 0 Å². The summed E-state index contributed by atoms with van der Waals surface area (Å²) >= 11 is 2.26. The lowest BCUT2D eigenvalue weighted by molar-refractivity contribution is 0.394. The molecule has 0 spiro atoms. The Hall–Kier alpha value is -1.96. The van der Waals surface area contributed by atoms with Gasteiger partial charge in [0.2, 0.25) is 5.95 Å². The first-order chi connectivity index (χ1) is 10.1. The first-order valence-electron chi connectivity index (χ1n) is 6.29. The van der Waals surface area contributed by atoms with Gasteiger partial charge in [-0.05, 0) is 40.8 Å². The number of rotatable bonds is 3. The quantitative estimate of drug-likeness (QED) is 0.692. The highest BCUT2D eigenvalue weighted by atomic mass is 127. The van der Waals surface area contributed by atoms with Crippen molar-refractivity contribution in [2.24, 2.45) is 0 Å². The molecule has 0 fully saturated rings. The van der Waals surface area contributed by atoms with Crippen LogP contribution in [0.15, 0.2) is 36.4 Å². The van der Waals surface area contributed by atoms with Crippen molar-refractivity contribution in [2.45, 2.75) is 0 Å². The molecule has 21 heavy (non-hydrogen) atoms. The van der Waals surface area contributed by atoms with Gasteiger partial charge in [-0.2, -0.15) is 0 Å². The number of benzene rings is 2. The summed E-state index contributed by atoms with van der Waals surface area (Å²) in [5, 5.41) is 0. The van der Waals surface area contributed by atoms with Gasteiger partial charge in [0.05, 0.1) is 30.9 Å². The third-order valence-corrected chi connectivity index (χ3v) is 3.91. The molecule has 2 aromatic carbocycles. The van der Waals surface area contributed by atoms with Crippen LogP contribution in [0.25, 0.3) is 16.7 Å². The van der Waals surface area contributed by atoms with E-state index in [1.807, 2.05) is 41.0 Å². The fourth-order valence-corrected chi connectivity index (χ4v) is 2.74. The maximum Gasteiger partial charge on any atom is 0.205 e. The van der Waals surface area contributed by atoms with Crippen molar-refractivity contribution in [2.75, 3.05) is 20.0 Å². The molecule has 0 unspecified atom stereocenters. The lowest BCUT2D eigenvalue weighted by atomic mass is 10.2.